The molecule has 0 spiro atoms. The van der Waals surface area contributed by atoms with Gasteiger partial charge in [0.25, 0.3) is 0 Å². The van der Waals surface area contributed by atoms with Gasteiger partial charge in [0.2, 0.25) is 53.2 Å². The summed E-state index contributed by atoms with van der Waals surface area (Å²) < 4.78 is 5.88. The highest BCUT2D eigenvalue weighted by Gasteiger charge is 2.43. The van der Waals surface area contributed by atoms with Gasteiger partial charge in [0, 0.05) is 38.6 Å². The zero-order chi connectivity index (χ0) is 78.7. The lowest BCUT2D eigenvalue weighted by Gasteiger charge is -2.32. The molecule has 0 saturated carbocycles. The average molecular weight is 1490 g/mol. The summed E-state index contributed by atoms with van der Waals surface area (Å²) >= 11 is 0. The monoisotopic (exact) mass is 1490 g/mol. The number of fused-ring (bicyclic) bond motifs is 23. The van der Waals surface area contributed by atoms with Gasteiger partial charge in [0.15, 0.2) is 5.78 Å². The number of nitrogens with zero attached hydrogens (tertiary/aromatic N) is 1. The first-order valence-electron chi connectivity index (χ1n) is 37.3. The number of ether oxygens (including phenoxy) is 1. The van der Waals surface area contributed by atoms with Crippen LogP contribution in [-0.4, -0.2) is 198 Å². The topological polar surface area (TPSA) is 495 Å². The molecule has 2 aromatic carbocycles. The molecular weight excluding hydrogens is 1380 g/mol. The van der Waals surface area contributed by atoms with Crippen molar-refractivity contribution in [2.75, 3.05) is 13.1 Å². The number of carboxylic acid groups (broad SMARTS) is 3. The Morgan fingerprint density at radius 3 is 1.70 bits per heavy atom. The number of hydrogen-bond acceptors (Lipinski definition) is 19. The Morgan fingerprint density at radius 2 is 1.14 bits per heavy atom. The van der Waals surface area contributed by atoms with E-state index < -0.39 is 225 Å². The quantitative estimate of drug-likeness (QED) is 0.0201. The summed E-state index contributed by atoms with van der Waals surface area (Å²) in [5, 5.41) is 81.6. The average Bonchev–Trinajstić information content (AvgIpc) is 1.61. The zero-order valence-electron chi connectivity index (χ0n) is 62.2. The highest BCUT2D eigenvalue weighted by atomic mass is 16.5. The Morgan fingerprint density at radius 1 is 0.594 bits per heavy atom. The maximum atomic E-state index is 14.9. The molecule has 31 heteroatoms. The number of nitrogens with one attached hydrogen (secondary N) is 8. The fourth-order valence-electron chi connectivity index (χ4n) is 12.6. The SMILES string of the molecule is CCC(C)[C@H]1CC(=O)[C@H](Cc2ccc(O)cc2)NC(=O)[C@@H](CCC(=O)O)NC(=O)[C@H]2CCCN2C(=O)[C@H](C(C)C)NC(=O)[C@@H](CCC(=O)O)NC(=O)[C@@H](C(C)O)NC(=O)[C@H](NC(=O)[C@H](CCCN)NC(=O)[C@@H](CCC(=O)O)NC(=O)CC(O)CCCCCCCCCCC(C)C)Cc2ccc(cc2)OC1=O. The van der Waals surface area contributed by atoms with Crippen molar-refractivity contribution < 1.29 is 102 Å². The van der Waals surface area contributed by atoms with Crippen LogP contribution in [0.3, 0.4) is 0 Å². The van der Waals surface area contributed by atoms with Crippen molar-refractivity contribution in [3.05, 3.63) is 59.7 Å². The number of carbonyl (C=O) groups is 14. The molecule has 3 unspecified atom stereocenters. The number of phenolic OH excluding ortho intramolecular Hbond substituents is 1. The number of amides is 9. The van der Waals surface area contributed by atoms with E-state index in [1.807, 2.05) is 0 Å². The summed E-state index contributed by atoms with van der Waals surface area (Å²) in [7, 11) is 0. The van der Waals surface area contributed by atoms with E-state index in [1.54, 1.807) is 27.7 Å². The van der Waals surface area contributed by atoms with E-state index in [-0.39, 0.29) is 62.3 Å². The van der Waals surface area contributed by atoms with Gasteiger partial charge in [0.05, 0.1) is 30.6 Å². The lowest BCUT2D eigenvalue weighted by molar-refractivity contribution is -0.144. The number of aliphatic carboxylic acids is 3. The number of rotatable bonds is 36. The van der Waals surface area contributed by atoms with Crippen LogP contribution in [-0.2, 0) is 80.0 Å². The number of aromatic hydroxyl groups is 1. The van der Waals surface area contributed by atoms with E-state index in [4.69, 9.17) is 10.5 Å². The first-order chi connectivity index (χ1) is 50.2. The molecule has 1 fully saturated rings. The predicted octanol–water partition coefficient (Wildman–Crippen LogP) is 3.27. The van der Waals surface area contributed by atoms with Gasteiger partial charge in [-0.25, -0.2) is 0 Å². The van der Waals surface area contributed by atoms with Crippen molar-refractivity contribution in [3.8, 4) is 11.5 Å². The second-order valence-corrected chi connectivity index (χ2v) is 28.8. The zero-order valence-corrected chi connectivity index (χ0v) is 62.2. The Labute approximate surface area is 619 Å². The van der Waals surface area contributed by atoms with E-state index in [1.165, 1.54) is 67.8 Å². The molecule has 106 heavy (non-hydrogen) atoms. The molecule has 31 nitrogen and oxygen atoms in total. The summed E-state index contributed by atoms with van der Waals surface area (Å²) in [6.45, 7) is 12.0. The fraction of sp³-hybridized carbons (Fsp3) is 0.653. The molecule has 2 aromatic rings. The Hall–Kier alpha value is -9.10. The van der Waals surface area contributed by atoms with Crippen molar-refractivity contribution in [2.24, 2.45) is 29.4 Å². The first kappa shape index (κ1) is 89.3. The van der Waals surface area contributed by atoms with Gasteiger partial charge in [0.1, 0.15) is 59.8 Å². The van der Waals surface area contributed by atoms with E-state index in [0.29, 0.717) is 30.7 Å². The summed E-state index contributed by atoms with van der Waals surface area (Å²) in [4.78, 5) is 196. The Kier molecular flexibility index (Phi) is 38.8. The minimum absolute atomic E-state index is 0.0202. The van der Waals surface area contributed by atoms with Gasteiger partial charge in [-0.3, -0.25) is 67.1 Å². The minimum atomic E-state index is -1.99. The van der Waals surface area contributed by atoms with E-state index in [0.717, 1.165) is 43.9 Å². The van der Waals surface area contributed by atoms with Crippen LogP contribution in [0.2, 0.25) is 0 Å². The third-order valence-electron chi connectivity index (χ3n) is 19.2. The van der Waals surface area contributed by atoms with Crippen LogP contribution in [0.4, 0.5) is 0 Å². The third-order valence-corrected chi connectivity index (χ3v) is 19.2. The molecule has 3 aliphatic heterocycles. The molecule has 3 aliphatic rings. The molecule has 0 aliphatic carbocycles. The van der Waals surface area contributed by atoms with Crippen LogP contribution in [0.5, 0.6) is 11.5 Å². The molecule has 2 bridgehead atoms. The molecular formula is C75H114N10O21. The van der Waals surface area contributed by atoms with Crippen molar-refractivity contribution in [1.82, 2.24) is 47.4 Å². The van der Waals surface area contributed by atoms with E-state index in [9.17, 15) is 97.8 Å². The summed E-state index contributed by atoms with van der Waals surface area (Å²) in [5.41, 5.74) is 6.57. The molecule has 1 saturated heterocycles. The maximum absolute atomic E-state index is 14.9. The number of esters is 1. The summed E-state index contributed by atoms with van der Waals surface area (Å²) in [6.07, 6.45) is 1.99. The Balaban J connectivity index is 1.78. The minimum Gasteiger partial charge on any atom is -0.508 e. The Bertz CT molecular complexity index is 3260. The van der Waals surface area contributed by atoms with Crippen molar-refractivity contribution in [2.45, 2.75) is 276 Å². The number of Topliss-reactive ketones (excluding diaryl/α,β-unsaturated/α-hetero) is 1. The van der Waals surface area contributed by atoms with Crippen molar-refractivity contribution in [3.63, 3.8) is 0 Å². The van der Waals surface area contributed by atoms with Gasteiger partial charge in [-0.2, -0.15) is 0 Å². The highest BCUT2D eigenvalue weighted by molar-refractivity contribution is 6.00. The standard InChI is InChI=1S/C75H114N10O21/c1-8-45(6)52-42-60(89)57(39-47-23-27-49(87)28-24-47)81-69(99)55(32-35-63(93)94)79-72(102)59-22-18-38-85(59)74(104)65(44(4)5)83-70(100)56(33-36-64(95)96)80-73(103)66(46(7)86)84-71(101)58(40-48-25-29-51(30-26-48)106-75(52)105)82-67(97)53(21-17-37-76)78-68(98)54(31-34-62(91)92)77-61(90)41-50(88)20-16-14-12-10-9-11-13-15-19-43(2)3/h23-30,43-46,50,52-59,65-66,86-88H,8-22,31-42,76H2,1-7H3,(H,77,90)(H,78,98)(H,79,102)(H,80,103)(H,81,99)(H,82,97)(H,83,100)(H,84,101)(H,91,92)(H,93,94)(H,95,96)/t45?,46?,50?,52-,53+,54-,55-,56-,57+,58-,59-,65+,66-/m1/s1. The molecule has 9 amide bonds. The number of phenols is 1. The lowest BCUT2D eigenvalue weighted by Crippen LogP contribution is -2.62. The molecule has 590 valence electrons. The number of aliphatic hydroxyl groups excluding tert-OH is 2. The summed E-state index contributed by atoms with van der Waals surface area (Å²) in [6, 6.07) is -3.38. The summed E-state index contributed by atoms with van der Waals surface area (Å²) in [5.74, 6) is -16.7. The van der Waals surface area contributed by atoms with Crippen LogP contribution in [0.15, 0.2) is 48.5 Å². The highest BCUT2D eigenvalue weighted by Crippen LogP contribution is 2.27. The lowest BCUT2D eigenvalue weighted by atomic mass is 9.85. The van der Waals surface area contributed by atoms with Gasteiger partial charge >= 0.3 is 23.9 Å². The van der Waals surface area contributed by atoms with Crippen LogP contribution >= 0.6 is 0 Å². The smallest absolute Gasteiger partial charge is 0.315 e. The molecule has 0 radical (unpaired) electrons. The second kappa shape index (κ2) is 46.1. The molecule has 16 N–H and O–H groups in total. The predicted molar refractivity (Wildman–Crippen MR) is 387 cm³/mol. The first-order valence-corrected chi connectivity index (χ1v) is 37.3. The molecule has 3 heterocycles. The number of carbonyl (C=O) groups excluding carboxylic acids is 11. The number of hydrogen-bond donors (Lipinski definition) is 15. The van der Waals surface area contributed by atoms with Gasteiger partial charge in [-0.05, 0) is 124 Å². The normalized spacial score (nSPS) is 21.9. The number of unbranched alkanes of at least 4 members (excludes halogenated alkanes) is 7. The molecule has 5 rings (SSSR count). The number of ketones is 1. The molecule has 13 atom stereocenters. The van der Waals surface area contributed by atoms with E-state index >= 15 is 0 Å². The number of carboxylic acids is 3. The van der Waals surface area contributed by atoms with Gasteiger partial charge < -0.3 is 88.5 Å². The van der Waals surface area contributed by atoms with Crippen molar-refractivity contribution in [1.29, 1.82) is 0 Å². The van der Waals surface area contributed by atoms with Crippen molar-refractivity contribution >= 4 is 82.8 Å². The van der Waals surface area contributed by atoms with E-state index in [2.05, 4.69) is 56.4 Å². The third kappa shape index (κ3) is 31.5. The largest absolute Gasteiger partial charge is 0.508 e. The number of benzene rings is 2. The fourth-order valence-corrected chi connectivity index (χ4v) is 12.6. The maximum Gasteiger partial charge on any atom is 0.315 e. The number of aliphatic hydroxyl groups is 2. The van der Waals surface area contributed by atoms with Crippen LogP contribution < -0.4 is 53.0 Å². The van der Waals surface area contributed by atoms with Crippen LogP contribution in [0.25, 0.3) is 0 Å². The van der Waals surface area contributed by atoms with Crippen LogP contribution in [0.1, 0.15) is 207 Å². The van der Waals surface area contributed by atoms with Crippen LogP contribution in [0, 0.1) is 23.7 Å². The molecule has 0 aromatic heterocycles. The second-order valence-electron chi connectivity index (χ2n) is 28.8. The van der Waals surface area contributed by atoms with Gasteiger partial charge in [-0.1, -0.05) is 130 Å². The van der Waals surface area contributed by atoms with Gasteiger partial charge in [-0.15, -0.1) is 0 Å². The number of nitrogens with two attached hydrogens (primary N) is 1.